The van der Waals surface area contributed by atoms with Crippen molar-refractivity contribution in [1.29, 1.82) is 0 Å². The maximum atomic E-state index is 12.5. The summed E-state index contributed by atoms with van der Waals surface area (Å²) in [6.45, 7) is 4.92. The minimum Gasteiger partial charge on any atom is -0.466 e. The van der Waals surface area contributed by atoms with Crippen LogP contribution in [0.15, 0.2) is 36.5 Å². The summed E-state index contributed by atoms with van der Waals surface area (Å²) in [6, 6.07) is -0.634. The Balaban J connectivity index is 3.44. The van der Waals surface area contributed by atoms with Crippen LogP contribution in [0.1, 0.15) is 367 Å². The highest BCUT2D eigenvalue weighted by Crippen LogP contribution is 2.18. The van der Waals surface area contributed by atoms with Gasteiger partial charge in [0.25, 0.3) is 0 Å². The third-order valence-electron chi connectivity index (χ3n) is 15.6. The van der Waals surface area contributed by atoms with Crippen LogP contribution in [-0.4, -0.2) is 47.4 Å². The predicted molar refractivity (Wildman–Crippen MR) is 329 cm³/mol. The van der Waals surface area contributed by atoms with E-state index in [0.717, 1.165) is 51.4 Å². The number of carbonyl (C=O) groups excluding carboxylic acids is 2. The van der Waals surface area contributed by atoms with Crippen molar-refractivity contribution in [1.82, 2.24) is 5.32 Å². The van der Waals surface area contributed by atoms with Crippen molar-refractivity contribution in [3.63, 3.8) is 0 Å². The van der Waals surface area contributed by atoms with Crippen molar-refractivity contribution in [3.8, 4) is 0 Å². The Kier molecular flexibility index (Phi) is 63.0. The molecule has 0 aromatic rings. The van der Waals surface area contributed by atoms with E-state index in [1.165, 1.54) is 289 Å². The van der Waals surface area contributed by atoms with Gasteiger partial charge in [-0.2, -0.15) is 0 Å². The van der Waals surface area contributed by atoms with Crippen LogP contribution in [-0.2, 0) is 14.3 Å². The molecule has 0 aromatic carbocycles. The van der Waals surface area contributed by atoms with E-state index in [9.17, 15) is 19.8 Å². The van der Waals surface area contributed by atoms with Crippen molar-refractivity contribution in [2.45, 2.75) is 379 Å². The van der Waals surface area contributed by atoms with E-state index in [0.29, 0.717) is 19.4 Å². The van der Waals surface area contributed by atoms with Crippen molar-refractivity contribution < 1.29 is 24.5 Å². The lowest BCUT2D eigenvalue weighted by Crippen LogP contribution is -2.45. The molecule has 0 fully saturated rings. The molecule has 2 atom stereocenters. The Labute approximate surface area is 468 Å². The molecule has 0 saturated heterocycles. The predicted octanol–water partition coefficient (Wildman–Crippen LogP) is 21.5. The number of unbranched alkanes of at least 4 members (excludes halogenated alkanes) is 48. The van der Waals surface area contributed by atoms with Crippen LogP contribution < -0.4 is 5.32 Å². The first-order chi connectivity index (χ1) is 37.0. The van der Waals surface area contributed by atoms with Crippen LogP contribution >= 0.6 is 0 Å². The highest BCUT2D eigenvalue weighted by molar-refractivity contribution is 5.76. The number of rotatable bonds is 63. The van der Waals surface area contributed by atoms with E-state index in [1.807, 2.05) is 6.08 Å². The number of hydrogen-bond donors (Lipinski definition) is 3. The number of esters is 1. The summed E-state index contributed by atoms with van der Waals surface area (Å²) in [5.41, 5.74) is 0. The molecule has 0 heterocycles. The molecule has 0 aliphatic rings. The maximum Gasteiger partial charge on any atom is 0.305 e. The van der Waals surface area contributed by atoms with E-state index in [-0.39, 0.29) is 18.5 Å². The first kappa shape index (κ1) is 73.1. The van der Waals surface area contributed by atoms with Gasteiger partial charge in [-0.05, 0) is 83.5 Å². The van der Waals surface area contributed by atoms with Gasteiger partial charge in [0.05, 0.1) is 25.4 Å². The zero-order valence-electron chi connectivity index (χ0n) is 50.5. The van der Waals surface area contributed by atoms with Gasteiger partial charge in [-0.25, -0.2) is 0 Å². The lowest BCUT2D eigenvalue weighted by Gasteiger charge is -2.20. The molecule has 6 heteroatoms. The van der Waals surface area contributed by atoms with Crippen LogP contribution in [0.3, 0.4) is 0 Å². The van der Waals surface area contributed by atoms with Crippen molar-refractivity contribution in [2.75, 3.05) is 13.2 Å². The van der Waals surface area contributed by atoms with Crippen LogP contribution in [0.5, 0.6) is 0 Å². The van der Waals surface area contributed by atoms with E-state index >= 15 is 0 Å². The molecule has 0 bridgehead atoms. The Hall–Kier alpha value is -1.92. The van der Waals surface area contributed by atoms with Crippen LogP contribution in [0.25, 0.3) is 0 Å². The molecule has 0 saturated carbocycles. The summed E-state index contributed by atoms with van der Waals surface area (Å²) in [7, 11) is 0. The Morgan fingerprint density at radius 3 is 0.947 bits per heavy atom. The fourth-order valence-corrected chi connectivity index (χ4v) is 10.4. The van der Waals surface area contributed by atoms with E-state index < -0.39 is 12.1 Å². The molecule has 442 valence electrons. The van der Waals surface area contributed by atoms with Gasteiger partial charge in [-0.15, -0.1) is 0 Å². The number of ether oxygens (including phenoxy) is 1. The normalized spacial score (nSPS) is 12.7. The Morgan fingerprint density at radius 1 is 0.360 bits per heavy atom. The second-order valence-electron chi connectivity index (χ2n) is 23.1. The first-order valence-electron chi connectivity index (χ1n) is 33.8. The summed E-state index contributed by atoms with van der Waals surface area (Å²) in [5.74, 6) is -0.0698. The number of aliphatic hydroxyl groups is 2. The lowest BCUT2D eigenvalue weighted by atomic mass is 10.0. The molecular formula is C69H131NO5. The van der Waals surface area contributed by atoms with Gasteiger partial charge >= 0.3 is 5.97 Å². The monoisotopic (exact) mass is 1050 g/mol. The fraction of sp³-hybridized carbons (Fsp3) is 0.884. The van der Waals surface area contributed by atoms with E-state index in [1.54, 1.807) is 6.08 Å². The van der Waals surface area contributed by atoms with Gasteiger partial charge in [-0.1, -0.05) is 307 Å². The number of carbonyl (C=O) groups is 2. The van der Waals surface area contributed by atoms with Gasteiger partial charge < -0.3 is 20.3 Å². The third-order valence-corrected chi connectivity index (χ3v) is 15.6. The van der Waals surface area contributed by atoms with Gasteiger partial charge in [0, 0.05) is 12.8 Å². The number of amides is 1. The van der Waals surface area contributed by atoms with E-state index in [4.69, 9.17) is 4.74 Å². The fourth-order valence-electron chi connectivity index (χ4n) is 10.4. The highest BCUT2D eigenvalue weighted by Gasteiger charge is 2.18. The molecule has 0 aromatic heterocycles. The lowest BCUT2D eigenvalue weighted by molar-refractivity contribution is -0.143. The standard InChI is InChI=1S/C69H131NO5/c1-3-5-7-9-11-13-15-17-19-21-22-27-30-33-37-41-45-49-53-57-61-67(72)66(65-71)70-68(73)62-58-54-50-46-42-38-34-31-28-25-23-24-26-29-32-36-40-44-48-52-56-60-64-75-69(74)63-59-55-51-47-43-39-35-20-18-16-14-12-10-8-6-4-2/h20,25,28,35,57,61,66-67,71-72H,3-19,21-24,26-27,29-34,36-56,58-60,62-65H2,1-2H3,(H,70,73)/b28-25-,35-20-,61-57+. The summed E-state index contributed by atoms with van der Waals surface area (Å²) >= 11 is 0. The van der Waals surface area contributed by atoms with Crippen LogP contribution in [0.2, 0.25) is 0 Å². The quantitative estimate of drug-likeness (QED) is 0.0320. The number of hydrogen-bond acceptors (Lipinski definition) is 5. The molecular weight excluding hydrogens is 923 g/mol. The smallest absolute Gasteiger partial charge is 0.305 e. The highest BCUT2D eigenvalue weighted by atomic mass is 16.5. The van der Waals surface area contributed by atoms with Crippen LogP contribution in [0.4, 0.5) is 0 Å². The first-order valence-corrected chi connectivity index (χ1v) is 33.8. The maximum absolute atomic E-state index is 12.5. The SMILES string of the molecule is CCCCCCCCC/C=C\CCCCCCCC(=O)OCCCCCCCCCCCCC/C=C\CCCCCCCCCC(=O)NC(CO)C(O)/C=C/CCCCCCCCCCCCCCCCCCCC. The number of nitrogens with one attached hydrogen (secondary N) is 1. The van der Waals surface area contributed by atoms with Gasteiger partial charge in [-0.3, -0.25) is 9.59 Å². The third kappa shape index (κ3) is 61.2. The minimum atomic E-state index is -0.850. The van der Waals surface area contributed by atoms with Crippen molar-refractivity contribution >= 4 is 11.9 Å². The molecule has 6 nitrogen and oxygen atoms in total. The van der Waals surface area contributed by atoms with Gasteiger partial charge in [0.15, 0.2) is 0 Å². The molecule has 1 amide bonds. The Morgan fingerprint density at radius 2 is 0.627 bits per heavy atom. The van der Waals surface area contributed by atoms with Gasteiger partial charge in [0.1, 0.15) is 0 Å². The summed E-state index contributed by atoms with van der Waals surface area (Å²) < 4.78 is 5.49. The van der Waals surface area contributed by atoms with Crippen molar-refractivity contribution in [2.24, 2.45) is 0 Å². The zero-order chi connectivity index (χ0) is 54.3. The zero-order valence-corrected chi connectivity index (χ0v) is 50.5. The second kappa shape index (κ2) is 64.6. The summed E-state index contributed by atoms with van der Waals surface area (Å²) in [5, 5.41) is 23.2. The number of aliphatic hydroxyl groups excluding tert-OH is 2. The molecule has 0 spiro atoms. The minimum absolute atomic E-state index is 0.00240. The molecule has 0 radical (unpaired) electrons. The molecule has 2 unspecified atom stereocenters. The molecule has 75 heavy (non-hydrogen) atoms. The molecule has 0 aliphatic heterocycles. The number of allylic oxidation sites excluding steroid dienone is 5. The molecule has 0 aliphatic carbocycles. The average Bonchev–Trinajstić information content (AvgIpc) is 3.41. The molecule has 0 rings (SSSR count). The Bertz CT molecular complexity index is 1210. The topological polar surface area (TPSA) is 95.9 Å². The molecule has 3 N–H and O–H groups in total. The largest absolute Gasteiger partial charge is 0.466 e. The van der Waals surface area contributed by atoms with E-state index in [2.05, 4.69) is 43.5 Å². The second-order valence-corrected chi connectivity index (χ2v) is 23.1. The van der Waals surface area contributed by atoms with Crippen LogP contribution in [0, 0.1) is 0 Å². The average molecular weight is 1050 g/mol. The van der Waals surface area contributed by atoms with Crippen molar-refractivity contribution in [3.05, 3.63) is 36.5 Å². The van der Waals surface area contributed by atoms with Gasteiger partial charge in [0.2, 0.25) is 5.91 Å². The summed E-state index contributed by atoms with van der Waals surface area (Å²) in [6.07, 6.45) is 82.0. The summed E-state index contributed by atoms with van der Waals surface area (Å²) in [4.78, 5) is 24.6.